The van der Waals surface area contributed by atoms with Crippen molar-refractivity contribution >= 4 is 29.1 Å². The van der Waals surface area contributed by atoms with Crippen molar-refractivity contribution in [1.82, 2.24) is 16.2 Å². The Morgan fingerprint density at radius 3 is 2.38 bits per heavy atom. The zero-order valence-electron chi connectivity index (χ0n) is 15.1. The molecule has 0 spiro atoms. The fourth-order valence-corrected chi connectivity index (χ4v) is 3.60. The van der Waals surface area contributed by atoms with Crippen LogP contribution in [0.5, 0.6) is 0 Å². The highest BCUT2D eigenvalue weighted by molar-refractivity contribution is 7.14. The summed E-state index contributed by atoms with van der Waals surface area (Å²) in [6, 6.07) is 10.6. The van der Waals surface area contributed by atoms with Crippen LogP contribution in [0.2, 0.25) is 0 Å². The van der Waals surface area contributed by atoms with Gasteiger partial charge in [-0.1, -0.05) is 37.3 Å². The summed E-state index contributed by atoms with van der Waals surface area (Å²) < 4.78 is 0. The van der Waals surface area contributed by atoms with Gasteiger partial charge in [0.15, 0.2) is 0 Å². The maximum Gasteiger partial charge on any atom is 0.279 e. The summed E-state index contributed by atoms with van der Waals surface area (Å²) in [6.45, 7) is 5.40. The average Bonchev–Trinajstić information content (AvgIpc) is 3.00. The van der Waals surface area contributed by atoms with Crippen molar-refractivity contribution in [2.45, 2.75) is 39.7 Å². The highest BCUT2D eigenvalue weighted by atomic mass is 32.1. The van der Waals surface area contributed by atoms with E-state index in [1.165, 1.54) is 18.3 Å². The van der Waals surface area contributed by atoms with E-state index in [2.05, 4.69) is 16.2 Å². The van der Waals surface area contributed by atoms with Crippen LogP contribution in [0.3, 0.4) is 0 Å². The largest absolute Gasteiger partial charge is 0.349 e. The topological polar surface area (TPSA) is 87.3 Å². The van der Waals surface area contributed by atoms with Crippen LogP contribution in [-0.4, -0.2) is 17.7 Å². The number of nitrogens with one attached hydrogen (secondary N) is 3. The molecule has 3 N–H and O–H groups in total. The Bertz CT molecular complexity index is 787. The van der Waals surface area contributed by atoms with Crippen LogP contribution in [0.4, 0.5) is 0 Å². The molecule has 7 heteroatoms. The summed E-state index contributed by atoms with van der Waals surface area (Å²) in [5.74, 6) is -0.955. The van der Waals surface area contributed by atoms with E-state index in [1.54, 1.807) is 0 Å². The first-order valence-corrected chi connectivity index (χ1v) is 9.22. The molecule has 0 aliphatic rings. The van der Waals surface area contributed by atoms with Crippen LogP contribution in [-0.2, 0) is 16.0 Å². The Morgan fingerprint density at radius 1 is 1.12 bits per heavy atom. The van der Waals surface area contributed by atoms with Gasteiger partial charge in [0.2, 0.25) is 11.8 Å². The number of hydrogen-bond donors (Lipinski definition) is 3. The molecule has 138 valence electrons. The van der Waals surface area contributed by atoms with E-state index in [9.17, 15) is 14.4 Å². The van der Waals surface area contributed by atoms with Crippen molar-refractivity contribution in [2.24, 2.45) is 0 Å². The third-order valence-corrected chi connectivity index (χ3v) is 5.23. The van der Waals surface area contributed by atoms with Crippen LogP contribution >= 0.6 is 11.3 Å². The van der Waals surface area contributed by atoms with Crippen LogP contribution in [0.1, 0.15) is 52.0 Å². The van der Waals surface area contributed by atoms with Crippen molar-refractivity contribution in [3.05, 3.63) is 57.3 Å². The lowest BCUT2D eigenvalue weighted by Crippen LogP contribution is -2.43. The summed E-state index contributed by atoms with van der Waals surface area (Å²) in [6.07, 6.45) is 0.888. The number of amides is 3. The van der Waals surface area contributed by atoms with Gasteiger partial charge in [0.1, 0.15) is 0 Å². The maximum absolute atomic E-state index is 12.2. The Kier molecular flexibility index (Phi) is 6.91. The number of benzene rings is 1. The van der Waals surface area contributed by atoms with Crippen LogP contribution in [0.25, 0.3) is 0 Å². The first-order valence-electron chi connectivity index (χ1n) is 8.41. The van der Waals surface area contributed by atoms with Crippen LogP contribution < -0.4 is 16.2 Å². The number of thiophene rings is 1. The lowest BCUT2D eigenvalue weighted by atomic mass is 10.0. The second-order valence-electron chi connectivity index (χ2n) is 5.94. The zero-order valence-corrected chi connectivity index (χ0v) is 15.9. The van der Waals surface area contributed by atoms with Gasteiger partial charge in [0.05, 0.1) is 17.3 Å². The average molecular weight is 373 g/mol. The van der Waals surface area contributed by atoms with Gasteiger partial charge >= 0.3 is 0 Å². The molecule has 2 aromatic rings. The molecule has 0 unspecified atom stereocenters. The van der Waals surface area contributed by atoms with Crippen molar-refractivity contribution in [2.75, 3.05) is 0 Å². The fourth-order valence-electron chi connectivity index (χ4n) is 2.59. The lowest BCUT2D eigenvalue weighted by Gasteiger charge is -2.18. The number of hydrazine groups is 1. The van der Waals surface area contributed by atoms with Crippen LogP contribution in [0.15, 0.2) is 36.4 Å². The number of hydrogen-bond acceptors (Lipinski definition) is 4. The van der Waals surface area contributed by atoms with Gasteiger partial charge in [-0.05, 0) is 30.5 Å². The van der Waals surface area contributed by atoms with E-state index in [0.29, 0.717) is 4.88 Å². The summed E-state index contributed by atoms with van der Waals surface area (Å²) in [5, 5.41) is 2.75. The van der Waals surface area contributed by atoms with Gasteiger partial charge in [0, 0.05) is 11.8 Å². The second kappa shape index (κ2) is 9.15. The molecule has 1 aromatic carbocycles. The zero-order chi connectivity index (χ0) is 19.1. The molecule has 0 aliphatic heterocycles. The van der Waals surface area contributed by atoms with E-state index in [0.717, 1.165) is 22.4 Å². The van der Waals surface area contributed by atoms with Gasteiger partial charge in [0.25, 0.3) is 5.91 Å². The van der Waals surface area contributed by atoms with Gasteiger partial charge in [-0.2, -0.15) is 0 Å². The van der Waals surface area contributed by atoms with E-state index >= 15 is 0 Å². The highest BCUT2D eigenvalue weighted by Crippen LogP contribution is 2.22. The first-order chi connectivity index (χ1) is 12.4. The summed E-state index contributed by atoms with van der Waals surface area (Å²) in [7, 11) is 0. The van der Waals surface area contributed by atoms with E-state index in [4.69, 9.17) is 0 Å². The van der Waals surface area contributed by atoms with Crippen molar-refractivity contribution < 1.29 is 14.4 Å². The monoisotopic (exact) mass is 373 g/mol. The molecule has 1 aromatic heterocycles. The molecule has 0 aliphatic carbocycles. The van der Waals surface area contributed by atoms with Crippen LogP contribution in [0, 0.1) is 6.92 Å². The molecule has 0 saturated carbocycles. The van der Waals surface area contributed by atoms with Crippen molar-refractivity contribution in [3.63, 3.8) is 0 Å². The molecular formula is C19H23N3O3S. The minimum atomic E-state index is -0.457. The number of carbonyl (C=O) groups excluding carboxylic acids is 3. The normalized spacial score (nSPS) is 11.5. The fraction of sp³-hybridized carbons (Fsp3) is 0.316. The highest BCUT2D eigenvalue weighted by Gasteiger charge is 2.18. The minimum Gasteiger partial charge on any atom is -0.349 e. The molecule has 0 bridgehead atoms. The quantitative estimate of drug-likeness (QED) is 0.680. The Hall–Kier alpha value is -2.67. The summed E-state index contributed by atoms with van der Waals surface area (Å²) in [5.41, 5.74) is 6.75. The van der Waals surface area contributed by atoms with Gasteiger partial charge in [-0.3, -0.25) is 25.2 Å². The Morgan fingerprint density at radius 2 is 1.81 bits per heavy atom. The first kappa shape index (κ1) is 19.7. The third kappa shape index (κ3) is 5.42. The molecule has 3 amide bonds. The molecule has 0 fully saturated rings. The predicted molar refractivity (Wildman–Crippen MR) is 102 cm³/mol. The molecule has 6 nitrogen and oxygen atoms in total. The van der Waals surface area contributed by atoms with Gasteiger partial charge < -0.3 is 5.32 Å². The maximum atomic E-state index is 12.2. The molecule has 1 heterocycles. The lowest BCUT2D eigenvalue weighted by molar-refractivity contribution is -0.123. The molecule has 26 heavy (non-hydrogen) atoms. The predicted octanol–water partition coefficient (Wildman–Crippen LogP) is 2.65. The Balaban J connectivity index is 1.95. The summed E-state index contributed by atoms with van der Waals surface area (Å²) >= 11 is 1.42. The number of aryl methyl sites for hydroxylation is 2. The Labute approximate surface area is 157 Å². The van der Waals surface area contributed by atoms with Crippen molar-refractivity contribution in [1.29, 1.82) is 0 Å². The molecule has 1 atom stereocenters. The number of rotatable bonds is 6. The van der Waals surface area contributed by atoms with Gasteiger partial charge in [-0.15, -0.1) is 11.3 Å². The SMILES string of the molecule is CCc1sc(C(=O)NNC(=O)C[C@H](NC(C)=O)c2ccccc2)cc1C. The minimum absolute atomic E-state index is 0.0214. The molecule has 2 rings (SSSR count). The molecular weight excluding hydrogens is 350 g/mol. The van der Waals surface area contributed by atoms with E-state index in [1.807, 2.05) is 50.2 Å². The van der Waals surface area contributed by atoms with E-state index in [-0.39, 0.29) is 24.1 Å². The third-order valence-electron chi connectivity index (χ3n) is 3.85. The smallest absolute Gasteiger partial charge is 0.279 e. The molecule has 0 saturated heterocycles. The van der Waals surface area contributed by atoms with Gasteiger partial charge in [-0.25, -0.2) is 0 Å². The standard InChI is InChI=1S/C19H23N3O3S/c1-4-16-12(2)10-17(26-16)19(25)22-21-18(24)11-15(20-13(3)23)14-8-6-5-7-9-14/h5-10,15H,4,11H2,1-3H3,(H,20,23)(H,21,24)(H,22,25)/t15-/m0/s1. The van der Waals surface area contributed by atoms with Crippen molar-refractivity contribution in [3.8, 4) is 0 Å². The second-order valence-corrected chi connectivity index (χ2v) is 7.08. The summed E-state index contributed by atoms with van der Waals surface area (Å²) in [4.78, 5) is 37.5. The number of carbonyl (C=O) groups is 3. The van der Waals surface area contributed by atoms with E-state index < -0.39 is 6.04 Å². The molecule has 0 radical (unpaired) electrons.